The van der Waals surface area contributed by atoms with Crippen LogP contribution in [-0.4, -0.2) is 47.6 Å². The molecule has 0 saturated carbocycles. The van der Waals surface area contributed by atoms with Crippen LogP contribution in [0.15, 0.2) is 151 Å². The van der Waals surface area contributed by atoms with Crippen molar-refractivity contribution >= 4 is 50.1 Å². The third kappa shape index (κ3) is 24.5. The summed E-state index contributed by atoms with van der Waals surface area (Å²) in [6.45, 7) is 31.8. The second-order valence-corrected chi connectivity index (χ2v) is 20.5. The fourth-order valence-corrected chi connectivity index (χ4v) is 8.37. The van der Waals surface area contributed by atoms with Crippen molar-refractivity contribution < 1.29 is 90.0 Å². The van der Waals surface area contributed by atoms with Gasteiger partial charge in [-0.2, -0.15) is 0 Å². The molecule has 0 unspecified atom stereocenters. The van der Waals surface area contributed by atoms with E-state index in [-0.39, 0.29) is 94.9 Å². The van der Waals surface area contributed by atoms with Gasteiger partial charge in [-0.05, 0) is 158 Å². The maximum Gasteiger partial charge on any atom is 0.155 e. The summed E-state index contributed by atoms with van der Waals surface area (Å²) in [5.74, 6) is -0.187. The van der Waals surface area contributed by atoms with E-state index < -0.39 is 0 Å². The number of carbonyl (C=O) groups excluding carboxylic acids is 3. The molecule has 3 radical (unpaired) electrons. The molecule has 0 aliphatic carbocycles. The van der Waals surface area contributed by atoms with Crippen molar-refractivity contribution in [3.8, 4) is 33.8 Å². The third-order valence-electron chi connectivity index (χ3n) is 12.2. The van der Waals surface area contributed by atoms with E-state index in [9.17, 15) is 14.4 Å². The number of allylic oxidation sites excluding steroid dienone is 6. The summed E-state index contributed by atoms with van der Waals surface area (Å²) < 4.78 is 0. The molecule has 0 fully saturated rings. The van der Waals surface area contributed by atoms with Gasteiger partial charge in [-0.15, -0.1) is 106 Å². The Morgan fingerprint density at radius 1 is 0.361 bits per heavy atom. The van der Waals surface area contributed by atoms with Crippen LogP contribution in [0.2, 0.25) is 0 Å². The zero-order valence-electron chi connectivity index (χ0n) is 50.6. The number of aromatic nitrogens is 3. The SMILES string of the molecule is CC(=O)C=C(C)O.CC(=O)C=C(C)O.CC(=O)C=C(C)O.Cc1c[c-]c(-c2nc3cc(C)ccc3cc2C)cc1.Cc1cc[c-]c(-c2nc3cc(C)cc(C)c3cc2C)c1.Cc1ccc2cc(C)c(-c3[c-]cc(C)c(C)c3)nc2c1.[Ir].[Ir].[Ir]. The molecule has 0 amide bonds. The first-order valence-corrected chi connectivity index (χ1v) is 26.4. The van der Waals surface area contributed by atoms with Crippen molar-refractivity contribution in [3.05, 3.63) is 230 Å². The molecule has 9 aromatic rings. The van der Waals surface area contributed by atoms with E-state index in [0.29, 0.717) is 0 Å². The van der Waals surface area contributed by atoms with Crippen LogP contribution in [0.5, 0.6) is 0 Å². The maximum atomic E-state index is 10.0. The van der Waals surface area contributed by atoms with Crippen LogP contribution in [0.4, 0.5) is 0 Å². The first kappa shape index (κ1) is 74.1. The molecule has 0 spiro atoms. The molecular formula is C71H76Ir3N3O6-3. The van der Waals surface area contributed by atoms with Gasteiger partial charge in [0.2, 0.25) is 0 Å². The average molecular weight is 1640 g/mol. The van der Waals surface area contributed by atoms with Crippen LogP contribution >= 0.6 is 0 Å². The number of aliphatic hydroxyl groups excluding tert-OH is 3. The number of benzene rings is 6. The Balaban J connectivity index is 0.000000524. The van der Waals surface area contributed by atoms with Crippen molar-refractivity contribution in [2.24, 2.45) is 0 Å². The van der Waals surface area contributed by atoms with E-state index in [2.05, 4.69) is 191 Å². The average Bonchev–Trinajstić information content (AvgIpc) is 3.35. The Hall–Kier alpha value is -6.87. The van der Waals surface area contributed by atoms with E-state index in [1.165, 1.54) is 137 Å². The predicted molar refractivity (Wildman–Crippen MR) is 331 cm³/mol. The molecule has 0 aliphatic rings. The standard InChI is InChI=1S/2C19H18N.C18H16N.3C5H8O2.3Ir/c1-12-5-7-16-11-15(4)19(20-18(16)9-12)17-8-6-13(2)14(3)10-17;1-12-6-5-7-16(9-12)19-15(4)11-17-14(3)8-13(2)10-18(17)20-19;1-12-4-7-15(8-5-12)18-14(3)11-16-9-6-13(2)10-17(16)19-18;3*1-4(6)3-5(2)7;;;/h5-7,9-11H,1-4H3;5-6,8-11H,1-4H3;4-7,9-11H,1-3H3;3*3,6H,1-2H3;;;/q3*-1;;;;;;. The molecule has 3 N–H and O–H groups in total. The fourth-order valence-electron chi connectivity index (χ4n) is 8.37. The first-order valence-electron chi connectivity index (χ1n) is 26.4. The van der Waals surface area contributed by atoms with Gasteiger partial charge in [0, 0.05) is 83.9 Å². The Morgan fingerprint density at radius 2 is 0.759 bits per heavy atom. The number of nitrogens with zero attached hydrogens (tertiary/aromatic N) is 3. The van der Waals surface area contributed by atoms with Crippen molar-refractivity contribution in [2.75, 3.05) is 0 Å². The van der Waals surface area contributed by atoms with Crippen LogP contribution in [0, 0.1) is 94.4 Å². The van der Waals surface area contributed by atoms with Gasteiger partial charge in [-0.1, -0.05) is 92.9 Å². The van der Waals surface area contributed by atoms with Crippen molar-refractivity contribution in [2.45, 2.75) is 118 Å². The van der Waals surface area contributed by atoms with Gasteiger partial charge < -0.3 is 15.3 Å². The van der Waals surface area contributed by atoms with Gasteiger partial charge in [0.05, 0.1) is 33.8 Å². The zero-order valence-corrected chi connectivity index (χ0v) is 57.8. The molecule has 9 nitrogen and oxygen atoms in total. The van der Waals surface area contributed by atoms with Crippen LogP contribution in [0.25, 0.3) is 66.5 Å². The summed E-state index contributed by atoms with van der Waals surface area (Å²) in [7, 11) is 0. The zero-order chi connectivity index (χ0) is 59.5. The largest absolute Gasteiger partial charge is 0.512 e. The number of aryl methyl sites for hydroxylation is 11. The number of rotatable bonds is 6. The third-order valence-corrected chi connectivity index (χ3v) is 12.2. The normalized spacial score (nSPS) is 10.7. The summed E-state index contributed by atoms with van der Waals surface area (Å²) >= 11 is 0. The first-order chi connectivity index (χ1) is 37.6. The Morgan fingerprint density at radius 3 is 1.17 bits per heavy atom. The minimum Gasteiger partial charge on any atom is -0.512 e. The number of hydrogen-bond acceptors (Lipinski definition) is 9. The molecule has 0 bridgehead atoms. The topological polar surface area (TPSA) is 151 Å². The van der Waals surface area contributed by atoms with Crippen LogP contribution in [0.1, 0.15) is 103 Å². The van der Waals surface area contributed by atoms with Gasteiger partial charge in [0.1, 0.15) is 0 Å². The quantitative estimate of drug-likeness (QED) is 0.0840. The van der Waals surface area contributed by atoms with E-state index in [0.717, 1.165) is 50.3 Å². The molecule has 9 rings (SSSR count). The van der Waals surface area contributed by atoms with E-state index in [1.54, 1.807) is 0 Å². The number of aliphatic hydroxyl groups is 3. The molecule has 0 atom stereocenters. The molecule has 3 heterocycles. The van der Waals surface area contributed by atoms with E-state index in [1.807, 2.05) is 18.2 Å². The van der Waals surface area contributed by atoms with Crippen molar-refractivity contribution in [1.82, 2.24) is 15.0 Å². The maximum absolute atomic E-state index is 10.0. The molecule has 6 aromatic carbocycles. The molecule has 0 aliphatic heterocycles. The second-order valence-electron chi connectivity index (χ2n) is 20.5. The summed E-state index contributed by atoms with van der Waals surface area (Å²) in [4.78, 5) is 44.6. The minimum absolute atomic E-state index is 0. The summed E-state index contributed by atoms with van der Waals surface area (Å²) in [5, 5.41) is 28.7. The van der Waals surface area contributed by atoms with Gasteiger partial charge >= 0.3 is 0 Å². The molecule has 83 heavy (non-hydrogen) atoms. The monoisotopic (exact) mass is 1650 g/mol. The minimum atomic E-state index is -0.125. The smallest absolute Gasteiger partial charge is 0.155 e. The summed E-state index contributed by atoms with van der Waals surface area (Å²) in [5.41, 5.74) is 23.1. The molecule has 3 aromatic heterocycles. The second kappa shape index (κ2) is 35.3. The Kier molecular flexibility index (Phi) is 31.5. The molecule has 12 heteroatoms. The summed E-state index contributed by atoms with van der Waals surface area (Å²) in [6, 6.07) is 50.4. The summed E-state index contributed by atoms with van der Waals surface area (Å²) in [6.07, 6.45) is 3.50. The molecular weight excluding hydrogens is 1570 g/mol. The number of fused-ring (bicyclic) bond motifs is 3. The molecule has 441 valence electrons. The van der Waals surface area contributed by atoms with Gasteiger partial charge in [-0.3, -0.25) is 29.3 Å². The van der Waals surface area contributed by atoms with E-state index >= 15 is 0 Å². The Labute approximate surface area is 532 Å². The number of hydrogen-bond donors (Lipinski definition) is 3. The van der Waals surface area contributed by atoms with Crippen molar-refractivity contribution in [1.29, 1.82) is 0 Å². The van der Waals surface area contributed by atoms with Crippen LogP contribution < -0.4 is 0 Å². The predicted octanol–water partition coefficient (Wildman–Crippen LogP) is 17.6. The van der Waals surface area contributed by atoms with Gasteiger partial charge in [0.15, 0.2) is 17.3 Å². The fraction of sp³-hybridized carbons (Fsp3) is 0.239. The van der Waals surface area contributed by atoms with Gasteiger partial charge in [0.25, 0.3) is 0 Å². The van der Waals surface area contributed by atoms with Crippen molar-refractivity contribution in [3.63, 3.8) is 0 Å². The van der Waals surface area contributed by atoms with E-state index in [4.69, 9.17) is 30.3 Å². The molecule has 0 saturated heterocycles. The number of ketones is 3. The van der Waals surface area contributed by atoms with Crippen LogP contribution in [-0.2, 0) is 74.7 Å². The van der Waals surface area contributed by atoms with Gasteiger partial charge in [-0.25, -0.2) is 0 Å². The number of pyridine rings is 3. The Bertz CT molecular complexity index is 3710. The number of carbonyl (C=O) groups is 3. The van der Waals surface area contributed by atoms with Crippen LogP contribution in [0.3, 0.4) is 0 Å².